The number of carbonyl (C=O) groups excluding carboxylic acids is 1. The smallest absolute Gasteiger partial charge is 0.219 e. The number of carbonyl (C=O) groups is 1. The summed E-state index contributed by atoms with van der Waals surface area (Å²) in [6.07, 6.45) is 10.5. The Bertz CT molecular complexity index is 514. The minimum atomic E-state index is 0.186. The summed E-state index contributed by atoms with van der Waals surface area (Å²) in [7, 11) is 0. The van der Waals surface area contributed by atoms with Gasteiger partial charge in [-0.05, 0) is 37.7 Å². The maximum atomic E-state index is 11.4. The van der Waals surface area contributed by atoms with Crippen LogP contribution in [0.1, 0.15) is 32.6 Å². The molecular weight excluding hydrogens is 278 g/mol. The van der Waals surface area contributed by atoms with Gasteiger partial charge in [-0.3, -0.25) is 4.79 Å². The molecule has 5 nitrogen and oxygen atoms in total. The molecule has 0 spiro atoms. The van der Waals surface area contributed by atoms with Crippen LogP contribution >= 0.6 is 0 Å². The van der Waals surface area contributed by atoms with E-state index < -0.39 is 0 Å². The fourth-order valence-electron chi connectivity index (χ4n) is 3.21. The van der Waals surface area contributed by atoms with E-state index in [9.17, 15) is 4.79 Å². The van der Waals surface area contributed by atoms with Gasteiger partial charge in [0.2, 0.25) is 5.91 Å². The molecule has 2 heterocycles. The van der Waals surface area contributed by atoms with Crippen molar-refractivity contribution in [3.63, 3.8) is 0 Å². The number of ether oxygens (including phenoxy) is 1. The largest absolute Gasteiger partial charge is 0.493 e. The van der Waals surface area contributed by atoms with E-state index in [-0.39, 0.29) is 5.91 Å². The van der Waals surface area contributed by atoms with Crippen molar-refractivity contribution >= 4 is 5.91 Å². The normalized spacial score (nSPS) is 22.2. The molecule has 0 saturated carbocycles. The van der Waals surface area contributed by atoms with Gasteiger partial charge in [0.25, 0.3) is 0 Å². The molecule has 22 heavy (non-hydrogen) atoms. The second-order valence-electron chi connectivity index (χ2n) is 6.16. The highest BCUT2D eigenvalue weighted by molar-refractivity contribution is 5.73. The SMILES string of the molecule is CC(=O)N1CCC(COC2=C(C3=CNCN3)CCC=C2)CC1. The second-order valence-corrected chi connectivity index (χ2v) is 6.16. The number of hydrogen-bond donors (Lipinski definition) is 2. The molecule has 3 aliphatic rings. The lowest BCUT2D eigenvalue weighted by molar-refractivity contribution is -0.130. The van der Waals surface area contributed by atoms with Crippen LogP contribution in [0.15, 0.2) is 35.4 Å². The van der Waals surface area contributed by atoms with Gasteiger partial charge in [0, 0.05) is 31.8 Å². The summed E-state index contributed by atoms with van der Waals surface area (Å²) in [5, 5.41) is 6.53. The highest BCUT2D eigenvalue weighted by Gasteiger charge is 2.22. The standard InChI is InChI=1S/C17H25N3O2/c1-13(21)20-8-6-14(7-9-20)11-22-17-5-3-2-4-15(17)16-10-18-12-19-16/h3,5,10,14,18-19H,2,4,6-9,11-12H2,1H3. The summed E-state index contributed by atoms with van der Waals surface area (Å²) in [6.45, 7) is 4.91. The van der Waals surface area contributed by atoms with E-state index in [4.69, 9.17) is 4.74 Å². The first-order valence-corrected chi connectivity index (χ1v) is 8.20. The molecule has 3 rings (SSSR count). The van der Waals surface area contributed by atoms with Crippen LogP contribution in [0.4, 0.5) is 0 Å². The number of amides is 1. The van der Waals surface area contributed by atoms with Crippen molar-refractivity contribution in [1.82, 2.24) is 15.5 Å². The van der Waals surface area contributed by atoms with Gasteiger partial charge in [0.05, 0.1) is 19.0 Å². The lowest BCUT2D eigenvalue weighted by atomic mass is 9.97. The number of hydrogen-bond acceptors (Lipinski definition) is 4. The van der Waals surface area contributed by atoms with Crippen LogP contribution < -0.4 is 10.6 Å². The summed E-state index contributed by atoms with van der Waals surface area (Å²) in [5.74, 6) is 1.73. The molecule has 2 aliphatic heterocycles. The first kappa shape index (κ1) is 15.0. The summed E-state index contributed by atoms with van der Waals surface area (Å²) in [5.41, 5.74) is 2.43. The predicted octanol–water partition coefficient (Wildman–Crippen LogP) is 1.86. The highest BCUT2D eigenvalue weighted by Crippen LogP contribution is 2.27. The van der Waals surface area contributed by atoms with Crippen molar-refractivity contribution < 1.29 is 9.53 Å². The minimum absolute atomic E-state index is 0.186. The van der Waals surface area contributed by atoms with Gasteiger partial charge >= 0.3 is 0 Å². The molecule has 1 amide bonds. The Morgan fingerprint density at radius 3 is 2.91 bits per heavy atom. The third kappa shape index (κ3) is 3.46. The first-order valence-electron chi connectivity index (χ1n) is 8.20. The average molecular weight is 303 g/mol. The maximum Gasteiger partial charge on any atom is 0.219 e. The molecule has 0 unspecified atom stereocenters. The Balaban J connectivity index is 1.56. The van der Waals surface area contributed by atoms with Gasteiger partial charge in [-0.15, -0.1) is 0 Å². The topological polar surface area (TPSA) is 53.6 Å². The molecule has 0 atom stereocenters. The van der Waals surface area contributed by atoms with Crippen molar-refractivity contribution in [2.24, 2.45) is 5.92 Å². The minimum Gasteiger partial charge on any atom is -0.493 e. The summed E-state index contributed by atoms with van der Waals surface area (Å²) in [6, 6.07) is 0. The lowest BCUT2D eigenvalue weighted by Gasteiger charge is -2.31. The second kappa shape index (κ2) is 6.90. The highest BCUT2D eigenvalue weighted by atomic mass is 16.5. The van der Waals surface area contributed by atoms with Gasteiger partial charge in [-0.25, -0.2) is 0 Å². The van der Waals surface area contributed by atoms with Crippen molar-refractivity contribution in [3.05, 3.63) is 35.4 Å². The van der Waals surface area contributed by atoms with Crippen LogP contribution in [-0.2, 0) is 9.53 Å². The van der Waals surface area contributed by atoms with Crippen molar-refractivity contribution in [3.8, 4) is 0 Å². The molecule has 1 fully saturated rings. The van der Waals surface area contributed by atoms with E-state index in [0.29, 0.717) is 5.92 Å². The Morgan fingerprint density at radius 2 is 2.23 bits per heavy atom. The van der Waals surface area contributed by atoms with Crippen molar-refractivity contribution in [2.45, 2.75) is 32.6 Å². The zero-order valence-electron chi connectivity index (χ0n) is 13.2. The molecule has 0 radical (unpaired) electrons. The van der Waals surface area contributed by atoms with Crippen LogP contribution in [0.2, 0.25) is 0 Å². The van der Waals surface area contributed by atoms with Gasteiger partial charge < -0.3 is 20.3 Å². The average Bonchev–Trinajstić information content (AvgIpc) is 3.08. The molecule has 1 aliphatic carbocycles. The van der Waals surface area contributed by atoms with Gasteiger partial charge in [0.15, 0.2) is 0 Å². The third-order valence-corrected chi connectivity index (χ3v) is 4.61. The van der Waals surface area contributed by atoms with E-state index in [2.05, 4.69) is 22.8 Å². The number of piperidine rings is 1. The molecule has 2 N–H and O–H groups in total. The van der Waals surface area contributed by atoms with Gasteiger partial charge in [-0.1, -0.05) is 6.08 Å². The van der Waals surface area contributed by atoms with Gasteiger partial charge in [-0.2, -0.15) is 0 Å². The van der Waals surface area contributed by atoms with E-state index in [1.165, 1.54) is 5.57 Å². The zero-order chi connectivity index (χ0) is 15.4. The molecule has 5 heteroatoms. The number of nitrogens with one attached hydrogen (secondary N) is 2. The van der Waals surface area contributed by atoms with Crippen LogP contribution in [-0.4, -0.2) is 37.2 Å². The monoisotopic (exact) mass is 303 g/mol. The molecule has 0 aromatic heterocycles. The van der Waals surface area contributed by atoms with Crippen LogP contribution in [0, 0.1) is 5.92 Å². The fraction of sp³-hybridized carbons (Fsp3) is 0.588. The molecule has 120 valence electrons. The Labute approximate surface area is 132 Å². The van der Waals surface area contributed by atoms with E-state index in [1.54, 1.807) is 6.92 Å². The zero-order valence-corrected chi connectivity index (χ0v) is 13.2. The van der Waals surface area contributed by atoms with E-state index >= 15 is 0 Å². The predicted molar refractivity (Wildman–Crippen MR) is 85.6 cm³/mol. The molecule has 0 bridgehead atoms. The number of likely N-dealkylation sites (tertiary alicyclic amines) is 1. The van der Waals surface area contributed by atoms with Crippen LogP contribution in [0.3, 0.4) is 0 Å². The summed E-state index contributed by atoms with van der Waals surface area (Å²) >= 11 is 0. The van der Waals surface area contributed by atoms with Gasteiger partial charge in [0.1, 0.15) is 5.76 Å². The Hall–Kier alpha value is -1.91. The van der Waals surface area contributed by atoms with Crippen molar-refractivity contribution in [2.75, 3.05) is 26.4 Å². The van der Waals surface area contributed by atoms with E-state index in [1.807, 2.05) is 11.1 Å². The molecule has 0 aromatic rings. The molecular formula is C17H25N3O2. The first-order chi connectivity index (χ1) is 10.7. The van der Waals surface area contributed by atoms with E-state index in [0.717, 1.165) is 63.5 Å². The molecule has 0 aromatic carbocycles. The van der Waals surface area contributed by atoms with Crippen LogP contribution in [0.25, 0.3) is 0 Å². The third-order valence-electron chi connectivity index (χ3n) is 4.61. The summed E-state index contributed by atoms with van der Waals surface area (Å²) in [4.78, 5) is 13.3. The fourth-order valence-corrected chi connectivity index (χ4v) is 3.21. The number of allylic oxidation sites excluding steroid dienone is 3. The lowest BCUT2D eigenvalue weighted by Crippen LogP contribution is -2.38. The summed E-state index contributed by atoms with van der Waals surface area (Å²) < 4.78 is 6.12. The quantitative estimate of drug-likeness (QED) is 0.832. The number of rotatable bonds is 4. The van der Waals surface area contributed by atoms with Crippen LogP contribution in [0.5, 0.6) is 0 Å². The molecule has 1 saturated heterocycles. The van der Waals surface area contributed by atoms with Crippen molar-refractivity contribution in [1.29, 1.82) is 0 Å². The number of nitrogens with zero attached hydrogens (tertiary/aromatic N) is 1. The Kier molecular flexibility index (Phi) is 4.71. The Morgan fingerprint density at radius 1 is 1.41 bits per heavy atom. The maximum absolute atomic E-state index is 11.4.